The molecule has 0 N–H and O–H groups in total. The van der Waals surface area contributed by atoms with Crippen LogP contribution in [0.4, 0.5) is 0 Å². The summed E-state index contributed by atoms with van der Waals surface area (Å²) in [5.41, 5.74) is 13.1. The zero-order chi connectivity index (χ0) is 28.9. The van der Waals surface area contributed by atoms with Crippen LogP contribution in [-0.4, -0.2) is 9.55 Å². The van der Waals surface area contributed by atoms with E-state index in [1.54, 1.807) is 0 Å². The predicted molar refractivity (Wildman–Crippen MR) is 173 cm³/mol. The van der Waals surface area contributed by atoms with Crippen LogP contribution in [-0.2, 0) is 18.3 Å². The second kappa shape index (κ2) is 10.4. The first kappa shape index (κ1) is 27.1. The second-order valence-electron chi connectivity index (χ2n) is 11.9. The summed E-state index contributed by atoms with van der Waals surface area (Å²) >= 11 is 0. The number of imidazole rings is 1. The van der Waals surface area contributed by atoms with Crippen molar-refractivity contribution < 1.29 is 4.42 Å². The average Bonchev–Trinajstić information content (AvgIpc) is 3.61. The molecule has 0 aliphatic heterocycles. The number of benzene rings is 4. The Morgan fingerprint density at radius 1 is 0.780 bits per heavy atom. The Kier molecular flexibility index (Phi) is 6.85. The molecular weight excluding hydrogens is 500 g/mol. The molecule has 0 atom stereocenters. The lowest BCUT2D eigenvalue weighted by molar-refractivity contribution is 0.507. The zero-order valence-corrected chi connectivity index (χ0v) is 25.4. The minimum atomic E-state index is -0.0496. The number of rotatable bonds is 7. The lowest BCUT2D eigenvalue weighted by Gasteiger charge is -2.27. The van der Waals surface area contributed by atoms with E-state index < -0.39 is 0 Å². The number of para-hydroxylation sites is 2. The molecule has 0 unspecified atom stereocenters. The van der Waals surface area contributed by atoms with Crippen molar-refractivity contribution >= 4 is 21.9 Å². The van der Waals surface area contributed by atoms with Gasteiger partial charge in [0.15, 0.2) is 0 Å². The quantitative estimate of drug-likeness (QED) is 0.202. The van der Waals surface area contributed by atoms with E-state index >= 15 is 0 Å². The minimum Gasteiger partial charge on any atom is -0.455 e. The largest absolute Gasteiger partial charge is 0.455 e. The van der Waals surface area contributed by atoms with Crippen molar-refractivity contribution in [2.24, 2.45) is 0 Å². The lowest BCUT2D eigenvalue weighted by Crippen LogP contribution is -2.17. The molecule has 0 radical (unpaired) electrons. The zero-order valence-electron chi connectivity index (χ0n) is 25.4. The Bertz CT molecular complexity index is 1860. The molecule has 0 aliphatic rings. The van der Waals surface area contributed by atoms with Gasteiger partial charge in [0.25, 0.3) is 0 Å². The summed E-state index contributed by atoms with van der Waals surface area (Å²) < 4.78 is 9.09. The highest BCUT2D eigenvalue weighted by molar-refractivity contribution is 6.11. The molecule has 3 nitrogen and oxygen atoms in total. The highest BCUT2D eigenvalue weighted by atomic mass is 16.3. The highest BCUT2D eigenvalue weighted by Gasteiger charge is 2.27. The fourth-order valence-electron chi connectivity index (χ4n) is 6.42. The fourth-order valence-corrected chi connectivity index (χ4v) is 6.42. The van der Waals surface area contributed by atoms with Crippen molar-refractivity contribution in [2.45, 2.75) is 73.1 Å². The smallest absolute Gasteiger partial charge is 0.144 e. The lowest BCUT2D eigenvalue weighted by atomic mass is 9.78. The number of aryl methyl sites for hydroxylation is 4. The Hall–Kier alpha value is -4.11. The summed E-state index contributed by atoms with van der Waals surface area (Å²) in [6.07, 6.45) is 7.01. The van der Waals surface area contributed by atoms with Gasteiger partial charge in [-0.05, 0) is 84.0 Å². The molecule has 0 spiro atoms. The molecule has 208 valence electrons. The van der Waals surface area contributed by atoms with Crippen LogP contribution in [0.25, 0.3) is 50.1 Å². The highest BCUT2D eigenvalue weighted by Crippen LogP contribution is 2.44. The number of nitrogens with zero attached hydrogens (tertiary/aromatic N) is 2. The molecule has 4 aromatic carbocycles. The van der Waals surface area contributed by atoms with Gasteiger partial charge in [-0.3, -0.25) is 4.57 Å². The summed E-state index contributed by atoms with van der Waals surface area (Å²) in [5, 5.41) is 2.32. The summed E-state index contributed by atoms with van der Waals surface area (Å²) in [4.78, 5) is 4.99. The van der Waals surface area contributed by atoms with Gasteiger partial charge in [-0.25, -0.2) is 4.98 Å². The van der Waals surface area contributed by atoms with E-state index in [2.05, 4.69) is 126 Å². The van der Waals surface area contributed by atoms with Crippen molar-refractivity contribution in [3.63, 3.8) is 0 Å². The maximum absolute atomic E-state index is 6.79. The molecule has 6 aromatic rings. The molecule has 41 heavy (non-hydrogen) atoms. The van der Waals surface area contributed by atoms with Gasteiger partial charge in [-0.1, -0.05) is 89.2 Å². The van der Waals surface area contributed by atoms with Gasteiger partial charge < -0.3 is 4.42 Å². The van der Waals surface area contributed by atoms with Crippen molar-refractivity contribution in [1.29, 1.82) is 0 Å². The summed E-state index contributed by atoms with van der Waals surface area (Å²) in [5.74, 6) is 0.967. The van der Waals surface area contributed by atoms with Crippen molar-refractivity contribution in [1.82, 2.24) is 9.55 Å². The van der Waals surface area contributed by atoms with Crippen LogP contribution in [0.15, 0.2) is 83.5 Å². The average molecular weight is 541 g/mol. The SMILES string of the molecule is CCc1cccc(CC)c1-n1ccnc1-c1cc2oc3c(-c4c(C)cccc4C)cccc3c2cc1C(C)(C)CC. The molecule has 0 aliphatic carbocycles. The Morgan fingerprint density at radius 3 is 2.10 bits per heavy atom. The number of furan rings is 1. The van der Waals surface area contributed by atoms with E-state index in [0.29, 0.717) is 0 Å². The van der Waals surface area contributed by atoms with E-state index in [1.807, 2.05) is 6.20 Å². The topological polar surface area (TPSA) is 31.0 Å². The maximum atomic E-state index is 6.79. The van der Waals surface area contributed by atoms with Crippen molar-refractivity contribution in [3.8, 4) is 28.2 Å². The van der Waals surface area contributed by atoms with E-state index in [1.165, 1.54) is 39.1 Å². The number of aromatic nitrogens is 2. The maximum Gasteiger partial charge on any atom is 0.144 e. The van der Waals surface area contributed by atoms with Crippen LogP contribution >= 0.6 is 0 Å². The van der Waals surface area contributed by atoms with E-state index in [9.17, 15) is 0 Å². The van der Waals surface area contributed by atoms with Crippen LogP contribution in [0.5, 0.6) is 0 Å². The molecule has 0 saturated carbocycles. The predicted octanol–water partition coefficient (Wildman–Crippen LogP) is 10.5. The van der Waals surface area contributed by atoms with Crippen LogP contribution in [0.2, 0.25) is 0 Å². The van der Waals surface area contributed by atoms with Crippen LogP contribution in [0.1, 0.15) is 68.9 Å². The molecule has 6 rings (SSSR count). The van der Waals surface area contributed by atoms with Gasteiger partial charge >= 0.3 is 0 Å². The van der Waals surface area contributed by atoms with Crippen molar-refractivity contribution in [2.75, 3.05) is 0 Å². The Balaban J connectivity index is 1.66. The van der Waals surface area contributed by atoms with Crippen LogP contribution in [0.3, 0.4) is 0 Å². The van der Waals surface area contributed by atoms with Crippen LogP contribution < -0.4 is 0 Å². The molecular formula is C38H40N2O. The van der Waals surface area contributed by atoms with Crippen molar-refractivity contribution in [3.05, 3.63) is 107 Å². The first-order valence-corrected chi connectivity index (χ1v) is 15.0. The minimum absolute atomic E-state index is 0.0496. The Labute approximate surface area is 243 Å². The van der Waals surface area contributed by atoms with Crippen LogP contribution in [0, 0.1) is 13.8 Å². The summed E-state index contributed by atoms with van der Waals surface area (Å²) in [7, 11) is 0. The van der Waals surface area contributed by atoms with Gasteiger partial charge in [0.05, 0.1) is 5.69 Å². The molecule has 0 amide bonds. The molecule has 0 saturated heterocycles. The first-order valence-electron chi connectivity index (χ1n) is 15.0. The third kappa shape index (κ3) is 4.39. The summed E-state index contributed by atoms with van der Waals surface area (Å²) in [6.45, 7) is 15.8. The number of fused-ring (bicyclic) bond motifs is 3. The molecule has 2 aromatic heterocycles. The van der Waals surface area contributed by atoms with E-state index in [0.717, 1.165) is 58.2 Å². The van der Waals surface area contributed by atoms with Gasteiger partial charge in [0, 0.05) is 34.3 Å². The molecule has 2 heterocycles. The van der Waals surface area contributed by atoms with Gasteiger partial charge in [0.2, 0.25) is 0 Å². The monoisotopic (exact) mass is 540 g/mol. The third-order valence-corrected chi connectivity index (χ3v) is 9.09. The molecule has 0 bridgehead atoms. The second-order valence-corrected chi connectivity index (χ2v) is 11.9. The first-order chi connectivity index (χ1) is 19.8. The van der Waals surface area contributed by atoms with E-state index in [4.69, 9.17) is 9.40 Å². The fraction of sp³-hybridized carbons (Fsp3) is 0.289. The molecule has 3 heteroatoms. The van der Waals surface area contributed by atoms with Gasteiger partial charge in [0.1, 0.15) is 17.0 Å². The standard InChI is InChI=1S/C38H40N2O/c1-8-26-16-12-17-27(9-2)35(26)40-21-20-39-37(40)31-23-33-30(22-32(31)38(6,7)10-3)28-18-13-19-29(36(28)41-33)34-24(4)14-11-15-25(34)5/h11-23H,8-10H2,1-7H3. The molecule has 0 fully saturated rings. The van der Waals surface area contributed by atoms with E-state index in [-0.39, 0.29) is 5.41 Å². The normalized spacial score (nSPS) is 12.1. The van der Waals surface area contributed by atoms with Gasteiger partial charge in [-0.2, -0.15) is 0 Å². The van der Waals surface area contributed by atoms with Gasteiger partial charge in [-0.15, -0.1) is 0 Å². The Morgan fingerprint density at radius 2 is 1.44 bits per heavy atom. The number of hydrogen-bond acceptors (Lipinski definition) is 2. The summed E-state index contributed by atoms with van der Waals surface area (Å²) in [6, 6.07) is 24.3. The number of hydrogen-bond donors (Lipinski definition) is 0. The third-order valence-electron chi connectivity index (χ3n) is 9.09.